The summed E-state index contributed by atoms with van der Waals surface area (Å²) in [5, 5.41) is 0. The molecule has 2 aromatic rings. The molecule has 0 unspecified atom stereocenters. The SMILES string of the molecule is CC(=O)c1cc(S(=O)(=O)Nc2ccccc2)ccc1C. The number of Topliss-reactive ketones (excluding diaryl/α,β-unsaturated/α-hetero) is 1. The first kappa shape index (κ1) is 14.3. The molecule has 4 nitrogen and oxygen atoms in total. The number of rotatable bonds is 4. The first-order valence-corrected chi connectivity index (χ1v) is 7.58. The van der Waals surface area contributed by atoms with E-state index in [-0.39, 0.29) is 10.7 Å². The Kier molecular flexibility index (Phi) is 3.90. The summed E-state index contributed by atoms with van der Waals surface area (Å²) in [5.41, 5.74) is 1.66. The molecular formula is C15H15NO3S. The van der Waals surface area contributed by atoms with Crippen molar-refractivity contribution in [2.45, 2.75) is 18.7 Å². The van der Waals surface area contributed by atoms with E-state index in [0.717, 1.165) is 5.56 Å². The second kappa shape index (κ2) is 5.46. The van der Waals surface area contributed by atoms with Gasteiger partial charge in [0.15, 0.2) is 5.78 Å². The molecule has 0 aliphatic rings. The zero-order chi connectivity index (χ0) is 14.8. The van der Waals surface area contributed by atoms with Gasteiger partial charge in [-0.05, 0) is 43.7 Å². The Balaban J connectivity index is 2.40. The Labute approximate surface area is 118 Å². The second-order valence-electron chi connectivity index (χ2n) is 4.50. The minimum Gasteiger partial charge on any atom is -0.295 e. The maximum atomic E-state index is 12.3. The monoisotopic (exact) mass is 289 g/mol. The van der Waals surface area contributed by atoms with Crippen molar-refractivity contribution in [2.24, 2.45) is 0 Å². The predicted octanol–water partition coefficient (Wildman–Crippen LogP) is 3.00. The van der Waals surface area contributed by atoms with Crippen molar-refractivity contribution in [1.29, 1.82) is 0 Å². The summed E-state index contributed by atoms with van der Waals surface area (Å²) in [7, 11) is -3.69. The van der Waals surface area contributed by atoms with Crippen molar-refractivity contribution in [3.05, 3.63) is 59.7 Å². The minimum atomic E-state index is -3.69. The van der Waals surface area contributed by atoms with E-state index in [4.69, 9.17) is 0 Å². The van der Waals surface area contributed by atoms with Crippen LogP contribution < -0.4 is 4.72 Å². The molecule has 0 saturated heterocycles. The topological polar surface area (TPSA) is 63.2 Å². The largest absolute Gasteiger partial charge is 0.295 e. The van der Waals surface area contributed by atoms with E-state index >= 15 is 0 Å². The quantitative estimate of drug-likeness (QED) is 0.880. The van der Waals surface area contributed by atoms with E-state index in [1.807, 2.05) is 0 Å². The van der Waals surface area contributed by atoms with E-state index in [1.54, 1.807) is 43.3 Å². The van der Waals surface area contributed by atoms with Crippen molar-refractivity contribution in [1.82, 2.24) is 0 Å². The van der Waals surface area contributed by atoms with E-state index in [1.165, 1.54) is 19.1 Å². The standard InChI is InChI=1S/C15H15NO3S/c1-11-8-9-14(10-15(11)12(2)17)20(18,19)16-13-6-4-3-5-7-13/h3-10,16H,1-2H3. The van der Waals surface area contributed by atoms with Gasteiger partial charge < -0.3 is 0 Å². The maximum absolute atomic E-state index is 12.3. The van der Waals surface area contributed by atoms with Gasteiger partial charge in [-0.1, -0.05) is 24.3 Å². The van der Waals surface area contributed by atoms with Gasteiger partial charge in [0.25, 0.3) is 10.0 Å². The smallest absolute Gasteiger partial charge is 0.261 e. The van der Waals surface area contributed by atoms with Crippen LogP contribution in [0.25, 0.3) is 0 Å². The lowest BCUT2D eigenvalue weighted by molar-refractivity contribution is 0.101. The molecule has 2 aromatic carbocycles. The van der Waals surface area contributed by atoms with Crippen LogP contribution in [-0.2, 0) is 10.0 Å². The highest BCUT2D eigenvalue weighted by molar-refractivity contribution is 7.92. The minimum absolute atomic E-state index is 0.0807. The molecule has 0 radical (unpaired) electrons. The van der Waals surface area contributed by atoms with Crippen LogP contribution in [0.4, 0.5) is 5.69 Å². The summed E-state index contributed by atoms with van der Waals surface area (Å²) in [6.07, 6.45) is 0. The van der Waals surface area contributed by atoms with Crippen LogP contribution in [0.2, 0.25) is 0 Å². The molecule has 0 saturated carbocycles. The van der Waals surface area contributed by atoms with Crippen LogP contribution in [0.1, 0.15) is 22.8 Å². The molecule has 2 rings (SSSR count). The van der Waals surface area contributed by atoms with Crippen LogP contribution in [0.15, 0.2) is 53.4 Å². The molecule has 0 aliphatic carbocycles. The van der Waals surface area contributed by atoms with Gasteiger partial charge in [0, 0.05) is 11.3 Å². The Morgan fingerprint density at radius 1 is 1.05 bits per heavy atom. The molecule has 5 heteroatoms. The highest BCUT2D eigenvalue weighted by Crippen LogP contribution is 2.19. The third-order valence-electron chi connectivity index (χ3n) is 2.92. The highest BCUT2D eigenvalue weighted by Gasteiger charge is 2.16. The van der Waals surface area contributed by atoms with Crippen molar-refractivity contribution < 1.29 is 13.2 Å². The number of aryl methyl sites for hydroxylation is 1. The van der Waals surface area contributed by atoms with Crippen LogP contribution >= 0.6 is 0 Å². The molecule has 0 fully saturated rings. The molecule has 0 aromatic heterocycles. The van der Waals surface area contributed by atoms with E-state index < -0.39 is 10.0 Å². The van der Waals surface area contributed by atoms with Crippen molar-refractivity contribution in [3.8, 4) is 0 Å². The van der Waals surface area contributed by atoms with E-state index in [0.29, 0.717) is 11.3 Å². The molecule has 20 heavy (non-hydrogen) atoms. The fourth-order valence-electron chi connectivity index (χ4n) is 1.87. The fourth-order valence-corrected chi connectivity index (χ4v) is 2.95. The summed E-state index contributed by atoms with van der Waals surface area (Å²) in [4.78, 5) is 11.6. The van der Waals surface area contributed by atoms with Crippen molar-refractivity contribution in [2.75, 3.05) is 4.72 Å². The lowest BCUT2D eigenvalue weighted by Crippen LogP contribution is -2.13. The summed E-state index contributed by atoms with van der Waals surface area (Å²) in [6, 6.07) is 13.2. The number of nitrogens with one attached hydrogen (secondary N) is 1. The Hall–Kier alpha value is -2.14. The van der Waals surface area contributed by atoms with Crippen LogP contribution in [0, 0.1) is 6.92 Å². The van der Waals surface area contributed by atoms with Gasteiger partial charge in [0.2, 0.25) is 0 Å². The summed E-state index contributed by atoms with van der Waals surface area (Å²) < 4.78 is 27.0. The average molecular weight is 289 g/mol. The third kappa shape index (κ3) is 3.05. The number of carbonyl (C=O) groups is 1. The third-order valence-corrected chi connectivity index (χ3v) is 4.30. The van der Waals surface area contributed by atoms with Gasteiger partial charge in [0.05, 0.1) is 4.90 Å². The number of anilines is 1. The summed E-state index contributed by atoms with van der Waals surface area (Å²) in [5.74, 6) is -0.153. The zero-order valence-corrected chi connectivity index (χ0v) is 12.1. The molecule has 0 bridgehead atoms. The number of sulfonamides is 1. The fraction of sp³-hybridized carbons (Fsp3) is 0.133. The number of carbonyl (C=O) groups excluding carboxylic acids is 1. The first-order chi connectivity index (χ1) is 9.40. The van der Waals surface area contributed by atoms with Crippen LogP contribution in [0.5, 0.6) is 0 Å². The zero-order valence-electron chi connectivity index (χ0n) is 11.3. The van der Waals surface area contributed by atoms with Gasteiger partial charge in [-0.3, -0.25) is 9.52 Å². The van der Waals surface area contributed by atoms with Crippen molar-refractivity contribution >= 4 is 21.5 Å². The highest BCUT2D eigenvalue weighted by atomic mass is 32.2. The molecule has 0 spiro atoms. The lowest BCUT2D eigenvalue weighted by atomic mass is 10.1. The molecule has 0 aliphatic heterocycles. The molecular weight excluding hydrogens is 274 g/mol. The summed E-state index contributed by atoms with van der Waals surface area (Å²) in [6.45, 7) is 3.20. The van der Waals surface area contributed by atoms with Gasteiger partial charge >= 0.3 is 0 Å². The molecule has 1 N–H and O–H groups in total. The lowest BCUT2D eigenvalue weighted by Gasteiger charge is -2.10. The Morgan fingerprint density at radius 2 is 1.70 bits per heavy atom. The van der Waals surface area contributed by atoms with Gasteiger partial charge in [-0.2, -0.15) is 0 Å². The van der Waals surface area contributed by atoms with Gasteiger partial charge in [-0.15, -0.1) is 0 Å². The van der Waals surface area contributed by atoms with Crippen LogP contribution in [-0.4, -0.2) is 14.2 Å². The average Bonchev–Trinajstić information content (AvgIpc) is 2.39. The van der Waals surface area contributed by atoms with E-state index in [2.05, 4.69) is 4.72 Å². The molecule has 0 heterocycles. The number of ketones is 1. The molecule has 104 valence electrons. The number of para-hydroxylation sites is 1. The Morgan fingerprint density at radius 3 is 2.30 bits per heavy atom. The first-order valence-electron chi connectivity index (χ1n) is 6.09. The Bertz CT molecular complexity index is 737. The molecule has 0 amide bonds. The number of hydrogen-bond acceptors (Lipinski definition) is 3. The molecule has 0 atom stereocenters. The number of hydrogen-bond donors (Lipinski definition) is 1. The maximum Gasteiger partial charge on any atom is 0.261 e. The van der Waals surface area contributed by atoms with Crippen molar-refractivity contribution in [3.63, 3.8) is 0 Å². The normalized spacial score (nSPS) is 11.1. The van der Waals surface area contributed by atoms with Gasteiger partial charge in [-0.25, -0.2) is 8.42 Å². The van der Waals surface area contributed by atoms with Gasteiger partial charge in [0.1, 0.15) is 0 Å². The van der Waals surface area contributed by atoms with E-state index in [9.17, 15) is 13.2 Å². The van der Waals surface area contributed by atoms with Crippen LogP contribution in [0.3, 0.4) is 0 Å². The summed E-state index contributed by atoms with van der Waals surface area (Å²) >= 11 is 0. The second-order valence-corrected chi connectivity index (χ2v) is 6.19. The number of benzene rings is 2. The predicted molar refractivity (Wildman–Crippen MR) is 78.4 cm³/mol.